The van der Waals surface area contributed by atoms with Crippen molar-refractivity contribution >= 4 is 52.4 Å². The molecule has 0 unspecified atom stereocenters. The van der Waals surface area contributed by atoms with Crippen LogP contribution in [-0.2, 0) is 4.74 Å². The van der Waals surface area contributed by atoms with Crippen LogP contribution < -0.4 is 16.0 Å². The molecule has 3 heterocycles. The van der Waals surface area contributed by atoms with Crippen molar-refractivity contribution < 1.29 is 18.3 Å². The van der Waals surface area contributed by atoms with Crippen LogP contribution in [0.2, 0.25) is 10.0 Å². The van der Waals surface area contributed by atoms with Gasteiger partial charge in [-0.2, -0.15) is 0 Å². The summed E-state index contributed by atoms with van der Waals surface area (Å²) in [5, 5.41) is 3.28. The Morgan fingerprint density at radius 3 is 2.58 bits per heavy atom. The van der Waals surface area contributed by atoms with Gasteiger partial charge in [-0.15, -0.1) is 0 Å². The average Bonchev–Trinajstić information content (AvgIpc) is 3.18. The van der Waals surface area contributed by atoms with E-state index >= 15 is 0 Å². The average molecular weight is 580 g/mol. The van der Waals surface area contributed by atoms with Crippen molar-refractivity contribution in [3.8, 4) is 0 Å². The Labute approximate surface area is 233 Å². The predicted octanol–water partition coefficient (Wildman–Crippen LogP) is 5.80. The zero-order chi connectivity index (χ0) is 27.0. The Bertz CT molecular complexity index is 1360. The highest BCUT2D eigenvalue weighted by molar-refractivity contribution is 7.99. The Morgan fingerprint density at radius 2 is 1.92 bits per heavy atom. The van der Waals surface area contributed by atoms with E-state index in [-0.39, 0.29) is 38.9 Å². The number of nitrogens with two attached hydrogens (primary N) is 1. The van der Waals surface area contributed by atoms with Crippen molar-refractivity contribution in [1.82, 2.24) is 9.97 Å². The fourth-order valence-corrected chi connectivity index (χ4v) is 6.17. The van der Waals surface area contributed by atoms with Gasteiger partial charge in [0.1, 0.15) is 10.8 Å². The van der Waals surface area contributed by atoms with Crippen LogP contribution in [0.4, 0.5) is 20.3 Å². The van der Waals surface area contributed by atoms with Crippen molar-refractivity contribution in [3.05, 3.63) is 70.0 Å². The fourth-order valence-electron chi connectivity index (χ4n) is 4.86. The third-order valence-corrected chi connectivity index (χ3v) is 9.04. The maximum Gasteiger partial charge on any atom is 0.257 e. The summed E-state index contributed by atoms with van der Waals surface area (Å²) < 4.78 is 32.8. The van der Waals surface area contributed by atoms with Gasteiger partial charge in [-0.1, -0.05) is 41.0 Å². The van der Waals surface area contributed by atoms with Gasteiger partial charge in [0.05, 0.1) is 46.4 Å². The molecule has 1 amide bonds. The Balaban J connectivity index is 1.24. The molecule has 2 aliphatic rings. The van der Waals surface area contributed by atoms with Crippen LogP contribution in [0.3, 0.4) is 0 Å². The van der Waals surface area contributed by atoms with Gasteiger partial charge in [-0.25, -0.2) is 18.7 Å². The standard InChI is InChI=1S/C26H25Cl2F2N5O2S/c1-14-24(31)26(13-37-14)5-7-35(8-6-26)21-11-33-22(12-32-21)38-20-4-2-3-19(23(20)28)34-25(36)15-9-17(29)18(30)10-16(15)27/h2-4,9-12,14,24H,5-8,13,31H2,1H3,(H,34,36)/t14-,24+/m0/s1. The summed E-state index contributed by atoms with van der Waals surface area (Å²) in [7, 11) is 0. The summed E-state index contributed by atoms with van der Waals surface area (Å²) >= 11 is 13.7. The number of carbonyl (C=O) groups excluding carboxylic acids is 1. The fraction of sp³-hybridized carbons (Fsp3) is 0.346. The lowest BCUT2D eigenvalue weighted by Gasteiger charge is -2.41. The minimum absolute atomic E-state index is 0.0342. The first-order valence-electron chi connectivity index (χ1n) is 12.0. The lowest BCUT2D eigenvalue weighted by molar-refractivity contribution is 0.0974. The van der Waals surface area contributed by atoms with E-state index in [1.54, 1.807) is 30.6 Å². The topological polar surface area (TPSA) is 93.4 Å². The molecular formula is C26H25Cl2F2N5O2S. The number of ether oxygens (including phenoxy) is 1. The second-order valence-electron chi connectivity index (χ2n) is 9.52. The highest BCUT2D eigenvalue weighted by Crippen LogP contribution is 2.42. The van der Waals surface area contributed by atoms with E-state index in [9.17, 15) is 13.6 Å². The number of hydrogen-bond donors (Lipinski definition) is 2. The smallest absolute Gasteiger partial charge is 0.257 e. The second-order valence-corrected chi connectivity index (χ2v) is 11.4. The van der Waals surface area contributed by atoms with Crippen molar-refractivity contribution in [3.63, 3.8) is 0 Å². The summed E-state index contributed by atoms with van der Waals surface area (Å²) in [6.45, 7) is 4.41. The molecule has 0 saturated carbocycles. The van der Waals surface area contributed by atoms with E-state index in [4.69, 9.17) is 33.7 Å². The van der Waals surface area contributed by atoms with Crippen LogP contribution in [0.5, 0.6) is 0 Å². The van der Waals surface area contributed by atoms with Crippen LogP contribution in [0.1, 0.15) is 30.1 Å². The Hall–Kier alpha value is -2.50. The molecule has 12 heteroatoms. The Kier molecular flexibility index (Phi) is 7.79. The molecule has 2 fully saturated rings. The largest absolute Gasteiger partial charge is 0.376 e. The van der Waals surface area contributed by atoms with Gasteiger partial charge in [0.15, 0.2) is 11.6 Å². The number of benzene rings is 2. The molecule has 5 rings (SSSR count). The first kappa shape index (κ1) is 27.1. The summed E-state index contributed by atoms with van der Waals surface area (Å²) in [6, 6.07) is 6.63. The van der Waals surface area contributed by atoms with Gasteiger partial charge in [0.2, 0.25) is 0 Å². The molecule has 3 aromatic rings. The van der Waals surface area contributed by atoms with Gasteiger partial charge < -0.3 is 20.7 Å². The number of piperidine rings is 1. The molecule has 0 radical (unpaired) electrons. The third-order valence-electron chi connectivity index (χ3n) is 7.22. The molecule has 3 N–H and O–H groups in total. The highest BCUT2D eigenvalue weighted by Gasteiger charge is 2.47. The molecule has 2 aromatic carbocycles. The monoisotopic (exact) mass is 579 g/mol. The molecule has 38 heavy (non-hydrogen) atoms. The summed E-state index contributed by atoms with van der Waals surface area (Å²) in [4.78, 5) is 24.6. The van der Waals surface area contributed by atoms with Gasteiger partial charge >= 0.3 is 0 Å². The summed E-state index contributed by atoms with van der Waals surface area (Å²) in [5.74, 6) is -2.24. The van der Waals surface area contributed by atoms with Crippen molar-refractivity contribution in [2.45, 2.75) is 41.8 Å². The number of rotatable bonds is 5. The van der Waals surface area contributed by atoms with Crippen LogP contribution in [0, 0.1) is 17.0 Å². The normalized spacial score (nSPS) is 20.6. The van der Waals surface area contributed by atoms with E-state index in [1.165, 1.54) is 11.8 Å². The Morgan fingerprint density at radius 1 is 1.18 bits per heavy atom. The maximum atomic E-state index is 13.6. The minimum atomic E-state index is -1.17. The van der Waals surface area contributed by atoms with E-state index in [0.717, 1.165) is 43.9 Å². The van der Waals surface area contributed by atoms with Gasteiger partial charge in [-0.3, -0.25) is 4.79 Å². The number of carbonyl (C=O) groups is 1. The van der Waals surface area contributed by atoms with Crippen LogP contribution in [0.25, 0.3) is 0 Å². The molecule has 200 valence electrons. The molecule has 0 aliphatic carbocycles. The molecular weight excluding hydrogens is 555 g/mol. The SMILES string of the molecule is C[C@@H]1OCC2(CCN(c3cnc(Sc4cccc(NC(=O)c5cc(F)c(F)cc5Cl)c4Cl)cn3)CC2)[C@@H]1N. The van der Waals surface area contributed by atoms with Crippen LogP contribution in [-0.4, -0.2) is 47.7 Å². The third kappa shape index (κ3) is 5.33. The second kappa shape index (κ2) is 10.9. The quantitative estimate of drug-likeness (QED) is 0.369. The zero-order valence-electron chi connectivity index (χ0n) is 20.4. The van der Waals surface area contributed by atoms with Crippen LogP contribution >= 0.6 is 35.0 Å². The first-order chi connectivity index (χ1) is 18.2. The molecule has 2 aliphatic heterocycles. The van der Waals surface area contributed by atoms with Crippen LogP contribution in [0.15, 0.2) is 52.6 Å². The van der Waals surface area contributed by atoms with E-state index in [0.29, 0.717) is 16.5 Å². The van der Waals surface area contributed by atoms with E-state index in [2.05, 4.69) is 20.2 Å². The summed E-state index contributed by atoms with van der Waals surface area (Å²) in [6.07, 6.45) is 5.39. The predicted molar refractivity (Wildman–Crippen MR) is 144 cm³/mol. The number of nitrogens with one attached hydrogen (secondary N) is 1. The summed E-state index contributed by atoms with van der Waals surface area (Å²) in [5.41, 5.74) is 6.54. The van der Waals surface area contributed by atoms with Gasteiger partial charge in [0.25, 0.3) is 5.91 Å². The molecule has 0 bridgehead atoms. The van der Waals surface area contributed by atoms with Crippen molar-refractivity contribution in [1.29, 1.82) is 0 Å². The molecule has 1 aromatic heterocycles. The number of halogens is 4. The first-order valence-corrected chi connectivity index (χ1v) is 13.6. The van der Waals surface area contributed by atoms with Gasteiger partial charge in [-0.05, 0) is 44.0 Å². The number of anilines is 2. The van der Waals surface area contributed by atoms with Crippen molar-refractivity contribution in [2.24, 2.45) is 11.1 Å². The lowest BCUT2D eigenvalue weighted by Crippen LogP contribution is -2.50. The lowest BCUT2D eigenvalue weighted by atomic mass is 9.73. The molecule has 2 atom stereocenters. The number of nitrogens with zero attached hydrogens (tertiary/aromatic N) is 3. The molecule has 2 saturated heterocycles. The van der Waals surface area contributed by atoms with Gasteiger partial charge in [0, 0.05) is 29.4 Å². The number of hydrogen-bond acceptors (Lipinski definition) is 7. The number of amides is 1. The maximum absolute atomic E-state index is 13.6. The molecule has 7 nitrogen and oxygen atoms in total. The van der Waals surface area contributed by atoms with E-state index < -0.39 is 17.5 Å². The highest BCUT2D eigenvalue weighted by atomic mass is 35.5. The zero-order valence-corrected chi connectivity index (χ0v) is 22.7. The van der Waals surface area contributed by atoms with Crippen molar-refractivity contribution in [2.75, 3.05) is 29.9 Å². The minimum Gasteiger partial charge on any atom is -0.376 e. The van der Waals surface area contributed by atoms with E-state index in [1.807, 2.05) is 6.92 Å². The molecule has 1 spiro atoms. The number of aromatic nitrogens is 2.